The maximum atomic E-state index is 12.2. The van der Waals surface area contributed by atoms with Gasteiger partial charge in [-0.3, -0.25) is 14.9 Å². The molecule has 0 spiro atoms. The van der Waals surface area contributed by atoms with Crippen LogP contribution in [0.15, 0.2) is 42.1 Å². The van der Waals surface area contributed by atoms with Crippen LogP contribution in [0.3, 0.4) is 0 Å². The summed E-state index contributed by atoms with van der Waals surface area (Å²) in [6.45, 7) is 3.71. The molecule has 0 fully saturated rings. The van der Waals surface area contributed by atoms with Crippen LogP contribution in [-0.2, 0) is 10.2 Å². The molecule has 0 radical (unpaired) electrons. The van der Waals surface area contributed by atoms with Gasteiger partial charge in [0.1, 0.15) is 0 Å². The standard InChI is InChI=1S/C16H15F3N2O3/c1-15(2)11-8-7-10(21(23)24)9-12(11)20(3)13(15)5-4-6-14(22)16(17,18)19/h4-9H,1-3H3/b6-4?,13-5+. The summed E-state index contributed by atoms with van der Waals surface area (Å²) in [6.07, 6.45) is -1.99. The number of hydrogen-bond donors (Lipinski definition) is 0. The molecule has 1 aliphatic rings. The minimum atomic E-state index is -4.91. The Labute approximate surface area is 136 Å². The average molecular weight is 340 g/mol. The second kappa shape index (κ2) is 5.77. The monoisotopic (exact) mass is 340 g/mol. The maximum Gasteiger partial charge on any atom is 0.454 e. The normalized spacial score (nSPS) is 18.2. The first kappa shape index (κ1) is 17.7. The summed E-state index contributed by atoms with van der Waals surface area (Å²) in [5.74, 6) is -1.94. The van der Waals surface area contributed by atoms with Crippen molar-refractivity contribution >= 4 is 17.2 Å². The van der Waals surface area contributed by atoms with Gasteiger partial charge in [0.05, 0.1) is 10.6 Å². The van der Waals surface area contributed by atoms with Gasteiger partial charge in [0.2, 0.25) is 0 Å². The van der Waals surface area contributed by atoms with E-state index < -0.39 is 22.3 Å². The van der Waals surface area contributed by atoms with Crippen LogP contribution in [0.5, 0.6) is 0 Å². The summed E-state index contributed by atoms with van der Waals surface area (Å²) in [4.78, 5) is 23.0. The molecule has 0 atom stereocenters. The van der Waals surface area contributed by atoms with E-state index in [2.05, 4.69) is 0 Å². The van der Waals surface area contributed by atoms with Crippen LogP contribution in [0, 0.1) is 10.1 Å². The first-order chi connectivity index (χ1) is 11.0. The number of ketones is 1. The van der Waals surface area contributed by atoms with Crippen molar-refractivity contribution in [3.63, 3.8) is 0 Å². The lowest BCUT2D eigenvalue weighted by Crippen LogP contribution is -2.23. The third kappa shape index (κ3) is 3.04. The van der Waals surface area contributed by atoms with Gasteiger partial charge in [-0.05, 0) is 23.8 Å². The molecule has 1 aliphatic heterocycles. The van der Waals surface area contributed by atoms with E-state index in [0.717, 1.165) is 11.6 Å². The van der Waals surface area contributed by atoms with E-state index >= 15 is 0 Å². The molecule has 5 nitrogen and oxygen atoms in total. The van der Waals surface area contributed by atoms with E-state index in [1.165, 1.54) is 18.2 Å². The smallest absolute Gasteiger partial charge is 0.347 e. The number of rotatable bonds is 3. The first-order valence-electron chi connectivity index (χ1n) is 6.99. The minimum absolute atomic E-state index is 0.0690. The lowest BCUT2D eigenvalue weighted by Gasteiger charge is -2.23. The average Bonchev–Trinajstić information content (AvgIpc) is 2.66. The van der Waals surface area contributed by atoms with Crippen molar-refractivity contribution in [2.45, 2.75) is 25.4 Å². The second-order valence-electron chi connectivity index (χ2n) is 5.92. The number of benzene rings is 1. The number of allylic oxidation sites excluding steroid dienone is 4. The number of likely N-dealkylation sites (N-methyl/N-ethyl adjacent to an activating group) is 1. The zero-order valence-corrected chi connectivity index (χ0v) is 13.2. The Bertz CT molecular complexity index is 764. The molecule has 1 aromatic carbocycles. The van der Waals surface area contributed by atoms with Crippen LogP contribution in [0.1, 0.15) is 19.4 Å². The largest absolute Gasteiger partial charge is 0.454 e. The number of carbonyl (C=O) groups excluding carboxylic acids is 1. The molecular formula is C16H15F3N2O3. The fraction of sp³-hybridized carbons (Fsp3) is 0.312. The van der Waals surface area contributed by atoms with Crippen molar-refractivity contribution < 1.29 is 22.9 Å². The zero-order valence-electron chi connectivity index (χ0n) is 13.2. The third-order valence-corrected chi connectivity index (χ3v) is 4.01. The molecule has 2 rings (SSSR count). The molecule has 128 valence electrons. The summed E-state index contributed by atoms with van der Waals surface area (Å²) in [6, 6.07) is 4.44. The van der Waals surface area contributed by atoms with Gasteiger partial charge in [0.25, 0.3) is 11.5 Å². The zero-order chi connectivity index (χ0) is 18.3. The second-order valence-corrected chi connectivity index (χ2v) is 5.92. The van der Waals surface area contributed by atoms with E-state index in [0.29, 0.717) is 17.5 Å². The van der Waals surface area contributed by atoms with Crippen molar-refractivity contribution in [2.75, 3.05) is 11.9 Å². The number of carbonyl (C=O) groups is 1. The Kier molecular flexibility index (Phi) is 4.26. The topological polar surface area (TPSA) is 63.5 Å². The van der Waals surface area contributed by atoms with Gasteiger partial charge in [0, 0.05) is 30.3 Å². The fourth-order valence-corrected chi connectivity index (χ4v) is 2.77. The van der Waals surface area contributed by atoms with E-state index in [1.54, 1.807) is 18.0 Å². The Morgan fingerprint density at radius 2 is 1.96 bits per heavy atom. The summed E-state index contributed by atoms with van der Waals surface area (Å²) in [7, 11) is 1.67. The summed E-state index contributed by atoms with van der Waals surface area (Å²) in [5.41, 5.74) is 1.42. The van der Waals surface area contributed by atoms with Crippen LogP contribution in [0.4, 0.5) is 24.5 Å². The number of nitro groups is 1. The van der Waals surface area contributed by atoms with Crippen LogP contribution in [0.25, 0.3) is 0 Å². The van der Waals surface area contributed by atoms with Crippen LogP contribution >= 0.6 is 0 Å². The highest BCUT2D eigenvalue weighted by atomic mass is 19.4. The minimum Gasteiger partial charge on any atom is -0.347 e. The molecule has 0 saturated carbocycles. The molecule has 0 amide bonds. The lowest BCUT2D eigenvalue weighted by atomic mass is 9.83. The Morgan fingerprint density at radius 1 is 1.33 bits per heavy atom. The number of halogens is 3. The van der Waals surface area contributed by atoms with Crippen LogP contribution < -0.4 is 4.90 Å². The van der Waals surface area contributed by atoms with Crippen LogP contribution in [0.2, 0.25) is 0 Å². The Balaban J connectivity index is 2.40. The van der Waals surface area contributed by atoms with Crippen molar-refractivity contribution in [2.24, 2.45) is 0 Å². The molecule has 1 aromatic rings. The van der Waals surface area contributed by atoms with E-state index in [1.807, 2.05) is 13.8 Å². The van der Waals surface area contributed by atoms with Crippen molar-refractivity contribution in [3.05, 3.63) is 57.8 Å². The highest BCUT2D eigenvalue weighted by Crippen LogP contribution is 2.47. The number of hydrogen-bond acceptors (Lipinski definition) is 4. The lowest BCUT2D eigenvalue weighted by molar-refractivity contribution is -0.384. The van der Waals surface area contributed by atoms with Gasteiger partial charge in [-0.1, -0.05) is 19.9 Å². The first-order valence-corrected chi connectivity index (χ1v) is 6.99. The number of nitro benzene ring substituents is 1. The highest BCUT2D eigenvalue weighted by Gasteiger charge is 2.39. The van der Waals surface area contributed by atoms with Gasteiger partial charge in [-0.15, -0.1) is 0 Å². The van der Waals surface area contributed by atoms with Crippen molar-refractivity contribution in [3.8, 4) is 0 Å². The van der Waals surface area contributed by atoms with E-state index in [-0.39, 0.29) is 5.69 Å². The van der Waals surface area contributed by atoms with Gasteiger partial charge < -0.3 is 4.90 Å². The van der Waals surface area contributed by atoms with Crippen LogP contribution in [-0.4, -0.2) is 23.9 Å². The number of alkyl halides is 3. The molecule has 1 heterocycles. The maximum absolute atomic E-state index is 12.2. The number of non-ortho nitro benzene ring substituents is 1. The van der Waals surface area contributed by atoms with E-state index in [9.17, 15) is 28.1 Å². The van der Waals surface area contributed by atoms with Gasteiger partial charge in [-0.25, -0.2) is 0 Å². The summed E-state index contributed by atoms with van der Waals surface area (Å²) in [5, 5.41) is 10.9. The molecule has 8 heteroatoms. The quantitative estimate of drug-likeness (QED) is 0.476. The van der Waals surface area contributed by atoms with Gasteiger partial charge in [0.15, 0.2) is 0 Å². The number of fused-ring (bicyclic) bond motifs is 1. The summed E-state index contributed by atoms with van der Waals surface area (Å²) >= 11 is 0. The van der Waals surface area contributed by atoms with Gasteiger partial charge >= 0.3 is 6.18 Å². The van der Waals surface area contributed by atoms with Gasteiger partial charge in [-0.2, -0.15) is 13.2 Å². The molecule has 0 aliphatic carbocycles. The Morgan fingerprint density at radius 3 is 2.50 bits per heavy atom. The molecule has 0 aromatic heterocycles. The Hall–Kier alpha value is -2.64. The van der Waals surface area contributed by atoms with Crippen molar-refractivity contribution in [1.29, 1.82) is 0 Å². The highest BCUT2D eigenvalue weighted by molar-refractivity contribution is 5.94. The number of anilines is 1. The molecule has 0 bridgehead atoms. The molecule has 0 unspecified atom stereocenters. The fourth-order valence-electron chi connectivity index (χ4n) is 2.77. The van der Waals surface area contributed by atoms with E-state index in [4.69, 9.17) is 0 Å². The predicted molar refractivity (Wildman–Crippen MR) is 82.8 cm³/mol. The van der Waals surface area contributed by atoms with Crippen molar-refractivity contribution in [1.82, 2.24) is 0 Å². The SMILES string of the molecule is CN1/C(=C/C=CC(=O)C(F)(F)F)C(C)(C)c2ccc([N+](=O)[O-])cc21. The summed E-state index contributed by atoms with van der Waals surface area (Å²) < 4.78 is 36.7. The predicted octanol–water partition coefficient (Wildman–Crippen LogP) is 3.89. The molecular weight excluding hydrogens is 325 g/mol. The number of nitrogens with zero attached hydrogens (tertiary/aromatic N) is 2. The third-order valence-electron chi connectivity index (χ3n) is 4.01. The molecule has 0 N–H and O–H groups in total. The molecule has 24 heavy (non-hydrogen) atoms. The molecule has 0 saturated heterocycles.